The highest BCUT2D eigenvalue weighted by Gasteiger charge is 2.40. The van der Waals surface area contributed by atoms with E-state index in [1.807, 2.05) is 24.3 Å². The number of benzene rings is 2. The molecule has 2 fully saturated rings. The Hall–Kier alpha value is -2.13. The van der Waals surface area contributed by atoms with E-state index in [4.69, 9.17) is 21.1 Å². The highest BCUT2D eigenvalue weighted by Crippen LogP contribution is 2.41. The number of morpholine rings is 1. The van der Waals surface area contributed by atoms with Gasteiger partial charge >= 0.3 is 12.1 Å². The summed E-state index contributed by atoms with van der Waals surface area (Å²) in [6.45, 7) is 1.90. The third kappa shape index (κ3) is 4.87. The molecule has 3 unspecified atom stereocenters. The van der Waals surface area contributed by atoms with Crippen molar-refractivity contribution < 1.29 is 24.2 Å². The van der Waals surface area contributed by atoms with Gasteiger partial charge in [-0.2, -0.15) is 0 Å². The van der Waals surface area contributed by atoms with Gasteiger partial charge in [0.05, 0.1) is 18.2 Å². The Kier molecular flexibility index (Phi) is 6.81. The lowest BCUT2D eigenvalue weighted by atomic mass is 9.89. The van der Waals surface area contributed by atoms with Crippen molar-refractivity contribution >= 4 is 39.6 Å². The van der Waals surface area contributed by atoms with E-state index in [9.17, 15) is 14.7 Å². The Labute approximate surface area is 193 Å². The average molecular weight is 510 g/mol. The number of halogens is 2. The predicted octanol–water partition coefficient (Wildman–Crippen LogP) is 4.20. The van der Waals surface area contributed by atoms with Gasteiger partial charge in [-0.15, -0.1) is 0 Å². The monoisotopic (exact) mass is 508 g/mol. The molecule has 2 aliphatic heterocycles. The smallest absolute Gasteiger partial charge is 0.415 e. The van der Waals surface area contributed by atoms with Crippen molar-refractivity contribution in [1.29, 1.82) is 0 Å². The molecule has 2 aliphatic rings. The number of hydrogen-bond donors (Lipinski definition) is 2. The summed E-state index contributed by atoms with van der Waals surface area (Å²) in [5.74, 6) is -0.948. The van der Waals surface area contributed by atoms with Crippen molar-refractivity contribution in [2.45, 2.75) is 24.4 Å². The van der Waals surface area contributed by atoms with Crippen LogP contribution in [0.5, 0.6) is 5.75 Å². The predicted molar refractivity (Wildman–Crippen MR) is 119 cm³/mol. The van der Waals surface area contributed by atoms with Crippen LogP contribution in [-0.4, -0.2) is 54.4 Å². The molecule has 2 N–H and O–H groups in total. The van der Waals surface area contributed by atoms with Crippen molar-refractivity contribution in [3.8, 4) is 5.75 Å². The highest BCUT2D eigenvalue weighted by molar-refractivity contribution is 9.10. The lowest BCUT2D eigenvalue weighted by Crippen LogP contribution is -2.42. The van der Waals surface area contributed by atoms with E-state index < -0.39 is 18.1 Å². The zero-order valence-corrected chi connectivity index (χ0v) is 18.9. The number of rotatable bonds is 4. The zero-order valence-electron chi connectivity index (χ0n) is 16.6. The molecule has 31 heavy (non-hydrogen) atoms. The van der Waals surface area contributed by atoms with Crippen LogP contribution in [0.4, 0.5) is 4.79 Å². The minimum atomic E-state index is -0.918. The Balaban J connectivity index is 1.52. The van der Waals surface area contributed by atoms with Crippen LogP contribution in [-0.2, 0) is 9.53 Å². The number of carbonyl (C=O) groups excluding carboxylic acids is 1. The van der Waals surface area contributed by atoms with Crippen LogP contribution < -0.4 is 10.1 Å². The molecule has 1 amide bonds. The van der Waals surface area contributed by atoms with Crippen LogP contribution >= 0.6 is 27.5 Å². The largest absolute Gasteiger partial charge is 0.480 e. The normalized spacial score (nSPS) is 23.5. The van der Waals surface area contributed by atoms with Crippen LogP contribution in [0, 0.1) is 0 Å². The van der Waals surface area contributed by atoms with E-state index in [0.717, 1.165) is 15.6 Å². The molecule has 0 saturated carbocycles. The Morgan fingerprint density at radius 3 is 2.61 bits per heavy atom. The molecule has 0 spiro atoms. The van der Waals surface area contributed by atoms with Gasteiger partial charge in [0.2, 0.25) is 0 Å². The molecule has 2 aromatic carbocycles. The lowest BCUT2D eigenvalue weighted by Gasteiger charge is -2.26. The SMILES string of the molecule is O=C(O)C1NC(c2ccccc2Br)CC1c1ccc(OC(=O)N2CCOCC2)c(Cl)c1. The first-order valence-electron chi connectivity index (χ1n) is 10.0. The van der Waals surface area contributed by atoms with Crippen molar-refractivity contribution in [2.75, 3.05) is 26.3 Å². The van der Waals surface area contributed by atoms with Crippen LogP contribution in [0.3, 0.4) is 0 Å². The highest BCUT2D eigenvalue weighted by atomic mass is 79.9. The molecule has 0 aliphatic carbocycles. The van der Waals surface area contributed by atoms with Crippen molar-refractivity contribution in [3.05, 3.63) is 63.1 Å². The maximum absolute atomic E-state index is 12.3. The second-order valence-electron chi connectivity index (χ2n) is 7.56. The van der Waals surface area contributed by atoms with Gasteiger partial charge in [-0.1, -0.05) is 51.8 Å². The molecule has 2 aromatic rings. The van der Waals surface area contributed by atoms with E-state index in [2.05, 4.69) is 21.2 Å². The van der Waals surface area contributed by atoms with Gasteiger partial charge in [-0.05, 0) is 35.7 Å². The first-order valence-corrected chi connectivity index (χ1v) is 11.2. The summed E-state index contributed by atoms with van der Waals surface area (Å²) in [5, 5.41) is 13.3. The van der Waals surface area contributed by atoms with Gasteiger partial charge in [0.25, 0.3) is 0 Å². The van der Waals surface area contributed by atoms with Gasteiger partial charge in [0.1, 0.15) is 6.04 Å². The van der Waals surface area contributed by atoms with Gasteiger partial charge in [-0.25, -0.2) is 4.79 Å². The number of hydrogen-bond acceptors (Lipinski definition) is 5. The number of carboxylic acid groups (broad SMARTS) is 1. The van der Waals surface area contributed by atoms with Gasteiger partial charge < -0.3 is 19.5 Å². The Morgan fingerprint density at radius 2 is 1.94 bits per heavy atom. The van der Waals surface area contributed by atoms with E-state index in [1.165, 1.54) is 0 Å². The lowest BCUT2D eigenvalue weighted by molar-refractivity contribution is -0.139. The fraction of sp³-hybridized carbons (Fsp3) is 0.364. The fourth-order valence-electron chi connectivity index (χ4n) is 4.07. The zero-order chi connectivity index (χ0) is 22.0. The summed E-state index contributed by atoms with van der Waals surface area (Å²) >= 11 is 9.95. The van der Waals surface area contributed by atoms with Crippen LogP contribution in [0.1, 0.15) is 29.5 Å². The molecule has 0 aromatic heterocycles. The van der Waals surface area contributed by atoms with E-state index in [-0.39, 0.29) is 22.7 Å². The third-order valence-electron chi connectivity index (χ3n) is 5.67. The maximum atomic E-state index is 12.3. The first-order chi connectivity index (χ1) is 14.9. The summed E-state index contributed by atoms with van der Waals surface area (Å²) < 4.78 is 11.6. The van der Waals surface area contributed by atoms with Gasteiger partial charge in [-0.3, -0.25) is 10.1 Å². The van der Waals surface area contributed by atoms with Crippen LogP contribution in [0.25, 0.3) is 0 Å². The van der Waals surface area contributed by atoms with Gasteiger partial charge in [0.15, 0.2) is 5.75 Å². The second kappa shape index (κ2) is 9.56. The molecular weight excluding hydrogens is 488 g/mol. The molecular formula is C22H22BrClN2O5. The Bertz CT molecular complexity index is 982. The molecule has 3 atom stereocenters. The average Bonchev–Trinajstić information content (AvgIpc) is 3.21. The number of nitrogens with one attached hydrogen (secondary N) is 1. The minimum Gasteiger partial charge on any atom is -0.480 e. The minimum absolute atomic E-state index is 0.112. The summed E-state index contributed by atoms with van der Waals surface area (Å²) in [7, 11) is 0. The fourth-order valence-corrected chi connectivity index (χ4v) is 4.86. The van der Waals surface area contributed by atoms with E-state index >= 15 is 0 Å². The quantitative estimate of drug-likeness (QED) is 0.642. The molecule has 4 rings (SSSR count). The molecule has 0 radical (unpaired) electrons. The number of aliphatic carboxylic acids is 1. The number of carboxylic acids is 1. The number of amides is 1. The molecule has 2 saturated heterocycles. The summed E-state index contributed by atoms with van der Waals surface area (Å²) in [6, 6.07) is 12.0. The standard InChI is InChI=1S/C22H22BrClN2O5/c23-16-4-2-1-3-14(16)18-12-15(20(25-18)21(27)28)13-5-6-19(17(24)11-13)31-22(29)26-7-9-30-10-8-26/h1-6,11,15,18,20,25H,7-10,12H2,(H,27,28). The number of nitrogens with zero attached hydrogens (tertiary/aromatic N) is 1. The van der Waals surface area contributed by atoms with Crippen molar-refractivity contribution in [2.24, 2.45) is 0 Å². The molecule has 164 valence electrons. The maximum Gasteiger partial charge on any atom is 0.415 e. The Morgan fingerprint density at radius 1 is 1.19 bits per heavy atom. The van der Waals surface area contributed by atoms with Crippen molar-refractivity contribution in [1.82, 2.24) is 10.2 Å². The summed E-state index contributed by atoms with van der Waals surface area (Å²) in [6.07, 6.45) is 0.126. The van der Waals surface area contributed by atoms with Gasteiger partial charge in [0, 0.05) is 29.5 Å². The van der Waals surface area contributed by atoms with Crippen LogP contribution in [0.15, 0.2) is 46.9 Å². The summed E-state index contributed by atoms with van der Waals surface area (Å²) in [4.78, 5) is 25.8. The molecule has 9 heteroatoms. The van der Waals surface area contributed by atoms with E-state index in [0.29, 0.717) is 32.7 Å². The number of ether oxygens (including phenoxy) is 2. The number of carbonyl (C=O) groups is 2. The molecule has 7 nitrogen and oxygen atoms in total. The van der Waals surface area contributed by atoms with Crippen LogP contribution in [0.2, 0.25) is 5.02 Å². The topological polar surface area (TPSA) is 88.1 Å². The van der Waals surface area contributed by atoms with E-state index in [1.54, 1.807) is 23.1 Å². The van der Waals surface area contributed by atoms with Crippen molar-refractivity contribution in [3.63, 3.8) is 0 Å². The summed E-state index contributed by atoms with van der Waals surface area (Å²) in [5.41, 5.74) is 1.80. The molecule has 0 bridgehead atoms. The third-order valence-corrected chi connectivity index (χ3v) is 6.69. The second-order valence-corrected chi connectivity index (χ2v) is 8.82. The molecule has 2 heterocycles. The first kappa shape index (κ1) is 22.1.